The van der Waals surface area contributed by atoms with Gasteiger partial charge in [0, 0.05) is 26.2 Å². The number of carbonyl (C=O) groups is 2. The predicted molar refractivity (Wildman–Crippen MR) is 91.8 cm³/mol. The van der Waals surface area contributed by atoms with Gasteiger partial charge in [-0.05, 0) is 25.1 Å². The van der Waals surface area contributed by atoms with Gasteiger partial charge in [0.1, 0.15) is 5.82 Å². The molecule has 11 heteroatoms. The molecule has 0 radical (unpaired) electrons. The van der Waals surface area contributed by atoms with Crippen molar-refractivity contribution in [1.82, 2.24) is 14.5 Å². The Bertz CT molecular complexity index is 781. The average Bonchev–Trinajstić information content (AvgIpc) is 2.57. The van der Waals surface area contributed by atoms with Gasteiger partial charge in [-0.25, -0.2) is 17.6 Å². The quantitative estimate of drug-likeness (QED) is 0.784. The molecule has 0 atom stereocenters. The van der Waals surface area contributed by atoms with Crippen molar-refractivity contribution in [2.24, 2.45) is 0 Å². The van der Waals surface area contributed by atoms with Crippen molar-refractivity contribution >= 4 is 33.6 Å². The summed E-state index contributed by atoms with van der Waals surface area (Å²) in [6.45, 7) is 2.67. The summed E-state index contributed by atoms with van der Waals surface area (Å²) in [5.41, 5.74) is 0. The van der Waals surface area contributed by atoms with Crippen LogP contribution in [-0.4, -0.2) is 69.0 Å². The summed E-state index contributed by atoms with van der Waals surface area (Å²) in [5.74, 6) is -1.21. The van der Waals surface area contributed by atoms with E-state index in [1.807, 2.05) is 0 Å². The Morgan fingerprint density at radius 1 is 1.27 bits per heavy atom. The summed E-state index contributed by atoms with van der Waals surface area (Å²) in [6, 6.07) is 3.24. The van der Waals surface area contributed by atoms with Crippen molar-refractivity contribution < 1.29 is 27.1 Å². The standard InChI is InChI=1S/C15H19ClFN3O5S/c1-2-25-15(22)18-14(21)10-19-5-7-20(8-6-19)26(23,24)11-3-4-13(17)12(16)9-11/h3-4,9H,2,5-8,10H2,1H3,(H,18,21,22). The molecular formula is C15H19ClFN3O5S. The smallest absolute Gasteiger partial charge is 0.413 e. The lowest BCUT2D eigenvalue weighted by Gasteiger charge is -2.33. The Labute approximate surface area is 155 Å². The van der Waals surface area contributed by atoms with E-state index in [1.165, 1.54) is 4.31 Å². The van der Waals surface area contributed by atoms with Gasteiger partial charge in [0.2, 0.25) is 15.9 Å². The molecule has 1 aliphatic rings. The minimum absolute atomic E-state index is 0.0465. The van der Waals surface area contributed by atoms with Crippen molar-refractivity contribution in [2.75, 3.05) is 39.3 Å². The zero-order chi connectivity index (χ0) is 19.3. The highest BCUT2D eigenvalue weighted by atomic mass is 35.5. The first-order chi connectivity index (χ1) is 12.2. The van der Waals surface area contributed by atoms with Crippen LogP contribution in [-0.2, 0) is 19.6 Å². The maximum Gasteiger partial charge on any atom is 0.413 e. The second-order valence-corrected chi connectivity index (χ2v) is 7.87. The first-order valence-corrected chi connectivity index (χ1v) is 9.70. The van der Waals surface area contributed by atoms with Gasteiger partial charge in [-0.1, -0.05) is 11.6 Å². The molecule has 26 heavy (non-hydrogen) atoms. The third-order valence-electron chi connectivity index (χ3n) is 3.74. The monoisotopic (exact) mass is 407 g/mol. The van der Waals surface area contributed by atoms with Crippen LogP contribution in [0.25, 0.3) is 0 Å². The molecule has 1 aromatic rings. The maximum atomic E-state index is 13.2. The molecule has 0 aliphatic carbocycles. The van der Waals surface area contributed by atoms with Gasteiger partial charge in [0.15, 0.2) is 0 Å². The van der Waals surface area contributed by atoms with E-state index < -0.39 is 27.8 Å². The van der Waals surface area contributed by atoms with E-state index in [9.17, 15) is 22.4 Å². The Morgan fingerprint density at radius 2 is 1.92 bits per heavy atom. The van der Waals surface area contributed by atoms with E-state index in [-0.39, 0.29) is 36.2 Å². The number of piperazine rings is 1. The Balaban J connectivity index is 1.92. The zero-order valence-electron chi connectivity index (χ0n) is 14.1. The van der Waals surface area contributed by atoms with E-state index >= 15 is 0 Å². The number of sulfonamides is 1. The van der Waals surface area contributed by atoms with Crippen molar-refractivity contribution in [3.05, 3.63) is 29.0 Å². The molecule has 1 aliphatic heterocycles. The van der Waals surface area contributed by atoms with E-state index in [4.69, 9.17) is 11.6 Å². The molecule has 1 N–H and O–H groups in total. The Morgan fingerprint density at radius 3 is 2.50 bits per heavy atom. The fourth-order valence-corrected chi connectivity index (χ4v) is 4.13. The minimum Gasteiger partial charge on any atom is -0.450 e. The minimum atomic E-state index is -3.80. The van der Waals surface area contributed by atoms with E-state index in [1.54, 1.807) is 11.8 Å². The van der Waals surface area contributed by atoms with Gasteiger partial charge >= 0.3 is 6.09 Å². The highest BCUT2D eigenvalue weighted by Crippen LogP contribution is 2.23. The molecule has 0 aromatic heterocycles. The highest BCUT2D eigenvalue weighted by molar-refractivity contribution is 7.89. The van der Waals surface area contributed by atoms with Crippen LogP contribution in [0.5, 0.6) is 0 Å². The van der Waals surface area contributed by atoms with Crippen LogP contribution < -0.4 is 5.32 Å². The number of halogens is 2. The number of benzene rings is 1. The SMILES string of the molecule is CCOC(=O)NC(=O)CN1CCN(S(=O)(=O)c2ccc(F)c(Cl)c2)CC1. The summed E-state index contributed by atoms with van der Waals surface area (Å²) in [6.07, 6.45) is -0.813. The number of carbonyl (C=O) groups excluding carboxylic acids is 2. The number of nitrogens with zero attached hydrogens (tertiary/aromatic N) is 2. The molecule has 2 amide bonds. The second kappa shape index (κ2) is 8.76. The fourth-order valence-electron chi connectivity index (χ4n) is 2.44. The molecule has 8 nitrogen and oxygen atoms in total. The van der Waals surface area contributed by atoms with E-state index in [2.05, 4.69) is 10.1 Å². The summed E-state index contributed by atoms with van der Waals surface area (Å²) in [4.78, 5) is 24.6. The van der Waals surface area contributed by atoms with Gasteiger partial charge in [0.25, 0.3) is 0 Å². The summed E-state index contributed by atoms with van der Waals surface area (Å²) in [5, 5.41) is 1.82. The lowest BCUT2D eigenvalue weighted by molar-refractivity contribution is -0.121. The number of alkyl carbamates (subject to hydrolysis) is 1. The third-order valence-corrected chi connectivity index (χ3v) is 5.93. The topological polar surface area (TPSA) is 96.0 Å². The lowest BCUT2D eigenvalue weighted by Crippen LogP contribution is -2.51. The predicted octanol–water partition coefficient (Wildman–Crippen LogP) is 1.06. The number of imide groups is 1. The number of hydrogen-bond donors (Lipinski definition) is 1. The maximum absolute atomic E-state index is 13.2. The van der Waals surface area contributed by atoms with Crippen LogP contribution in [0.4, 0.5) is 9.18 Å². The van der Waals surface area contributed by atoms with Gasteiger partial charge in [-0.3, -0.25) is 15.0 Å². The van der Waals surface area contributed by atoms with Gasteiger partial charge in [-0.15, -0.1) is 0 Å². The van der Waals surface area contributed by atoms with Crippen LogP contribution in [0.15, 0.2) is 23.1 Å². The van der Waals surface area contributed by atoms with Crippen LogP contribution >= 0.6 is 11.6 Å². The van der Waals surface area contributed by atoms with Crippen molar-refractivity contribution in [3.63, 3.8) is 0 Å². The third kappa shape index (κ3) is 5.13. The molecule has 0 spiro atoms. The van der Waals surface area contributed by atoms with Crippen molar-refractivity contribution in [1.29, 1.82) is 0 Å². The summed E-state index contributed by atoms with van der Waals surface area (Å²) >= 11 is 5.65. The van der Waals surface area contributed by atoms with Crippen LogP contribution in [0.2, 0.25) is 5.02 Å². The number of amides is 2. The average molecular weight is 408 g/mol. The van der Waals surface area contributed by atoms with Crippen LogP contribution in [0.3, 0.4) is 0 Å². The van der Waals surface area contributed by atoms with Crippen LogP contribution in [0, 0.1) is 5.82 Å². The summed E-state index contributed by atoms with van der Waals surface area (Å²) < 4.78 is 44.3. The normalized spacial score (nSPS) is 16.3. The van der Waals surface area contributed by atoms with E-state index in [0.717, 1.165) is 18.2 Å². The Hall–Kier alpha value is -1.75. The molecule has 1 heterocycles. The van der Waals surface area contributed by atoms with Gasteiger partial charge < -0.3 is 4.74 Å². The number of hydrogen-bond acceptors (Lipinski definition) is 6. The lowest BCUT2D eigenvalue weighted by atomic mass is 10.3. The second-order valence-electron chi connectivity index (χ2n) is 5.52. The summed E-state index contributed by atoms with van der Waals surface area (Å²) in [7, 11) is -3.80. The Kier molecular flexibility index (Phi) is 6.93. The molecule has 0 bridgehead atoms. The van der Waals surface area contributed by atoms with Gasteiger partial charge in [0.05, 0.1) is 23.1 Å². The molecule has 1 fully saturated rings. The zero-order valence-corrected chi connectivity index (χ0v) is 15.6. The van der Waals surface area contributed by atoms with Crippen LogP contribution in [0.1, 0.15) is 6.92 Å². The number of rotatable bonds is 5. The van der Waals surface area contributed by atoms with Gasteiger partial charge in [-0.2, -0.15) is 4.31 Å². The fraction of sp³-hybridized carbons (Fsp3) is 0.467. The molecule has 0 saturated carbocycles. The largest absolute Gasteiger partial charge is 0.450 e. The molecule has 0 unspecified atom stereocenters. The molecule has 1 aromatic carbocycles. The first-order valence-electron chi connectivity index (χ1n) is 7.88. The molecule has 1 saturated heterocycles. The molecule has 2 rings (SSSR count). The first kappa shape index (κ1) is 20.6. The highest BCUT2D eigenvalue weighted by Gasteiger charge is 2.29. The number of nitrogens with one attached hydrogen (secondary N) is 1. The van der Waals surface area contributed by atoms with Crippen molar-refractivity contribution in [2.45, 2.75) is 11.8 Å². The van der Waals surface area contributed by atoms with Crippen molar-refractivity contribution in [3.8, 4) is 0 Å². The van der Waals surface area contributed by atoms with E-state index in [0.29, 0.717) is 13.1 Å². The molecular weight excluding hydrogens is 389 g/mol. The number of ether oxygens (including phenoxy) is 1. The molecule has 144 valence electrons.